The molecule has 0 aliphatic heterocycles. The monoisotopic (exact) mass is 307 g/mol. The van der Waals surface area contributed by atoms with E-state index < -0.39 is 14.6 Å². The number of hydrogen-bond acceptors (Lipinski definition) is 4. The second kappa shape index (κ2) is 5.91. The Bertz CT molecular complexity index is 563. The van der Waals surface area contributed by atoms with E-state index in [0.717, 1.165) is 16.9 Å². The van der Waals surface area contributed by atoms with Gasteiger partial charge in [-0.1, -0.05) is 23.7 Å². The molecule has 1 heterocycles. The van der Waals surface area contributed by atoms with Crippen molar-refractivity contribution in [1.29, 1.82) is 0 Å². The lowest BCUT2D eigenvalue weighted by Gasteiger charge is -2.02. The molecule has 2 aromatic rings. The molecule has 0 fully saturated rings. The molecule has 0 amide bonds. The Kier molecular flexibility index (Phi) is 4.48. The minimum absolute atomic E-state index is 0.00681. The molecule has 0 saturated heterocycles. The van der Waals surface area contributed by atoms with E-state index in [2.05, 4.69) is 9.51 Å². The van der Waals surface area contributed by atoms with Gasteiger partial charge < -0.3 is 4.89 Å². The third-order valence-electron chi connectivity index (χ3n) is 2.06. The lowest BCUT2D eigenvalue weighted by molar-refractivity contribution is 0.0634. The molecule has 2 unspecified atom stereocenters. The number of alkyl halides is 1. The summed E-state index contributed by atoms with van der Waals surface area (Å²) in [6, 6.07) is 6.91. The molecule has 18 heavy (non-hydrogen) atoms. The number of thiazole rings is 1. The van der Waals surface area contributed by atoms with Crippen LogP contribution < -0.4 is 0 Å². The summed E-state index contributed by atoms with van der Waals surface area (Å²) in [6.45, 7) is 0. The third kappa shape index (κ3) is 3.37. The van der Waals surface area contributed by atoms with Crippen molar-refractivity contribution in [3.8, 4) is 11.3 Å². The molecule has 0 saturated carbocycles. The summed E-state index contributed by atoms with van der Waals surface area (Å²) >= 11 is 6.78. The maximum absolute atomic E-state index is 13.3. The first kappa shape index (κ1) is 13.6. The maximum Gasteiger partial charge on any atom is 0.319 e. The summed E-state index contributed by atoms with van der Waals surface area (Å²) in [5.74, 6) is 0. The number of nitrogens with zero attached hydrogens (tertiary/aromatic N) is 1. The Labute approximate surface area is 112 Å². The van der Waals surface area contributed by atoms with Gasteiger partial charge >= 0.3 is 8.25 Å². The van der Waals surface area contributed by atoms with Gasteiger partial charge in [-0.2, -0.15) is 0 Å². The van der Waals surface area contributed by atoms with Crippen LogP contribution in [0.2, 0.25) is 5.02 Å². The smallest absolute Gasteiger partial charge is 0.319 e. The van der Waals surface area contributed by atoms with Crippen LogP contribution in [0.15, 0.2) is 29.6 Å². The van der Waals surface area contributed by atoms with Gasteiger partial charge in [0.05, 0.1) is 5.69 Å². The van der Waals surface area contributed by atoms with Crippen LogP contribution in [0.1, 0.15) is 11.4 Å². The predicted molar refractivity (Wildman–Crippen MR) is 68.7 cm³/mol. The summed E-state index contributed by atoms with van der Waals surface area (Å²) in [6.07, 6.45) is -1.98. The van der Waals surface area contributed by atoms with Crippen molar-refractivity contribution in [3.05, 3.63) is 39.7 Å². The lowest BCUT2D eigenvalue weighted by atomic mass is 10.2. The molecular formula is C10H8ClFNO3PS. The molecule has 4 nitrogen and oxygen atoms in total. The van der Waals surface area contributed by atoms with Gasteiger partial charge in [0.15, 0.2) is 5.01 Å². The Morgan fingerprint density at radius 1 is 1.44 bits per heavy atom. The minimum atomic E-state index is -3.32. The highest BCUT2D eigenvalue weighted by Gasteiger charge is 2.17. The summed E-state index contributed by atoms with van der Waals surface area (Å²) < 4.78 is 27.9. The van der Waals surface area contributed by atoms with E-state index >= 15 is 0 Å². The minimum Gasteiger partial charge on any atom is -0.326 e. The van der Waals surface area contributed by atoms with E-state index in [0.29, 0.717) is 10.7 Å². The quantitative estimate of drug-likeness (QED) is 0.872. The molecule has 1 aromatic carbocycles. The van der Waals surface area contributed by atoms with Crippen molar-refractivity contribution < 1.29 is 18.4 Å². The maximum atomic E-state index is 13.3. The second-order valence-corrected chi connectivity index (χ2v) is 5.37. The summed E-state index contributed by atoms with van der Waals surface area (Å²) in [5, 5.41) is 2.25. The number of aromatic nitrogens is 1. The molecule has 0 aliphatic carbocycles. The summed E-state index contributed by atoms with van der Waals surface area (Å²) in [4.78, 5) is 12.5. The van der Waals surface area contributed by atoms with Gasteiger partial charge in [-0.25, -0.2) is 9.37 Å². The van der Waals surface area contributed by atoms with Crippen LogP contribution in [-0.2, 0) is 9.09 Å². The molecule has 0 aliphatic rings. The molecular weight excluding hydrogens is 300 g/mol. The van der Waals surface area contributed by atoms with Gasteiger partial charge in [-0.15, -0.1) is 11.3 Å². The highest BCUT2D eigenvalue weighted by Crippen LogP contribution is 2.33. The SMILES string of the molecule is O=[PH](O)OC(F)c1nc(-c2ccc(Cl)cc2)cs1. The topological polar surface area (TPSA) is 59.4 Å². The van der Waals surface area contributed by atoms with Crippen LogP contribution in [0.5, 0.6) is 0 Å². The Morgan fingerprint density at radius 2 is 2.11 bits per heavy atom. The van der Waals surface area contributed by atoms with Gasteiger partial charge in [-0.05, 0) is 12.1 Å². The van der Waals surface area contributed by atoms with Crippen LogP contribution in [-0.4, -0.2) is 9.88 Å². The van der Waals surface area contributed by atoms with E-state index in [4.69, 9.17) is 16.5 Å². The van der Waals surface area contributed by atoms with Crippen LogP contribution in [0.25, 0.3) is 11.3 Å². The molecule has 0 bridgehead atoms. The molecule has 96 valence electrons. The zero-order valence-corrected chi connectivity index (χ0v) is 11.4. The molecule has 1 N–H and O–H groups in total. The van der Waals surface area contributed by atoms with Gasteiger partial charge in [0.25, 0.3) is 6.36 Å². The van der Waals surface area contributed by atoms with Crippen LogP contribution in [0.4, 0.5) is 4.39 Å². The Balaban J connectivity index is 2.19. The number of halogens is 2. The Hall–Kier alpha value is -0.780. The van der Waals surface area contributed by atoms with Crippen molar-refractivity contribution in [1.82, 2.24) is 4.98 Å². The van der Waals surface area contributed by atoms with E-state index in [-0.39, 0.29) is 5.01 Å². The third-order valence-corrected chi connectivity index (χ3v) is 3.58. The van der Waals surface area contributed by atoms with Gasteiger partial charge in [-0.3, -0.25) is 9.09 Å². The van der Waals surface area contributed by atoms with Crippen LogP contribution in [0, 0.1) is 0 Å². The predicted octanol–water partition coefficient (Wildman–Crippen LogP) is 3.83. The van der Waals surface area contributed by atoms with Crippen molar-refractivity contribution >= 4 is 31.2 Å². The second-order valence-electron chi connectivity index (χ2n) is 3.28. The van der Waals surface area contributed by atoms with E-state index in [1.807, 2.05) is 0 Å². The first-order chi connectivity index (χ1) is 8.56. The molecule has 8 heteroatoms. The number of rotatable bonds is 4. The average Bonchev–Trinajstić information content (AvgIpc) is 2.78. The lowest BCUT2D eigenvalue weighted by Crippen LogP contribution is -1.91. The van der Waals surface area contributed by atoms with Gasteiger partial charge in [0.2, 0.25) is 0 Å². The van der Waals surface area contributed by atoms with Gasteiger partial charge in [0.1, 0.15) is 0 Å². The molecule has 1 aromatic heterocycles. The molecule has 2 atom stereocenters. The van der Waals surface area contributed by atoms with Crippen molar-refractivity contribution in [3.63, 3.8) is 0 Å². The zero-order valence-electron chi connectivity index (χ0n) is 8.84. The van der Waals surface area contributed by atoms with Crippen LogP contribution in [0.3, 0.4) is 0 Å². The van der Waals surface area contributed by atoms with E-state index in [1.54, 1.807) is 29.6 Å². The fourth-order valence-electron chi connectivity index (χ4n) is 1.28. The average molecular weight is 308 g/mol. The highest BCUT2D eigenvalue weighted by atomic mass is 35.5. The fraction of sp³-hybridized carbons (Fsp3) is 0.100. The summed E-state index contributed by atoms with van der Waals surface area (Å²) in [5.41, 5.74) is 1.35. The van der Waals surface area contributed by atoms with Crippen molar-refractivity contribution in [2.75, 3.05) is 0 Å². The van der Waals surface area contributed by atoms with Crippen molar-refractivity contribution in [2.24, 2.45) is 0 Å². The molecule has 2 rings (SSSR count). The first-order valence-corrected chi connectivity index (χ1v) is 7.33. The zero-order chi connectivity index (χ0) is 13.1. The van der Waals surface area contributed by atoms with Crippen molar-refractivity contribution in [2.45, 2.75) is 6.36 Å². The fourth-order valence-corrected chi connectivity index (χ4v) is 2.51. The molecule has 0 radical (unpaired) electrons. The number of hydrogen-bond donors (Lipinski definition) is 1. The largest absolute Gasteiger partial charge is 0.326 e. The standard InChI is InChI=1S/C10H8ClFNO3PS/c11-7-3-1-6(2-4-7)8-5-18-10(13-8)9(12)16-17(14)15/h1-5,9,17H,(H,14,15). The number of benzene rings is 1. The summed E-state index contributed by atoms with van der Waals surface area (Å²) in [7, 11) is -3.32. The highest BCUT2D eigenvalue weighted by molar-refractivity contribution is 7.32. The first-order valence-electron chi connectivity index (χ1n) is 4.81. The molecule has 0 spiro atoms. The van der Waals surface area contributed by atoms with E-state index in [1.165, 1.54) is 0 Å². The normalized spacial score (nSPS) is 14.4. The Morgan fingerprint density at radius 3 is 2.72 bits per heavy atom. The van der Waals surface area contributed by atoms with Crippen LogP contribution >= 0.6 is 31.2 Å². The van der Waals surface area contributed by atoms with Gasteiger partial charge in [0, 0.05) is 16.0 Å². The van der Waals surface area contributed by atoms with E-state index in [9.17, 15) is 8.96 Å².